The van der Waals surface area contributed by atoms with Gasteiger partial charge in [-0.15, -0.1) is 0 Å². The van der Waals surface area contributed by atoms with Crippen LogP contribution < -0.4 is 0 Å². The maximum absolute atomic E-state index is 3.46. The van der Waals surface area contributed by atoms with Gasteiger partial charge in [0.1, 0.15) is 0 Å². The first kappa shape index (κ1) is 17.5. The Balaban J connectivity index is -0.000000107. The molecule has 0 atom stereocenters. The summed E-state index contributed by atoms with van der Waals surface area (Å²) >= 11 is 0. The van der Waals surface area contributed by atoms with Crippen LogP contribution in [0.25, 0.3) is 0 Å². The standard InChI is InChI=1S/2C5H8.Sr.2H/c2*1-3-5-4-2;;;/h2*3-5H,1H2,2H3;;;. The minimum atomic E-state index is 0. The third-order valence-corrected chi connectivity index (χ3v) is 0.657. The molecule has 0 saturated heterocycles. The Morgan fingerprint density at radius 2 is 1.09 bits per heavy atom. The predicted molar refractivity (Wildman–Crippen MR) is 58.6 cm³/mol. The van der Waals surface area contributed by atoms with Crippen LogP contribution in [0, 0.1) is 0 Å². The number of allylic oxidation sites excluding steroid dienone is 6. The summed E-state index contributed by atoms with van der Waals surface area (Å²) in [4.78, 5) is 0. The van der Waals surface area contributed by atoms with E-state index in [1.807, 2.05) is 38.2 Å². The van der Waals surface area contributed by atoms with Crippen LogP contribution >= 0.6 is 0 Å². The zero-order valence-corrected chi connectivity index (χ0v) is 6.88. The van der Waals surface area contributed by atoms with Gasteiger partial charge in [-0.3, -0.25) is 0 Å². The molecule has 0 nitrogen and oxygen atoms in total. The Kier molecular flexibility index (Phi) is 35.7. The Labute approximate surface area is 108 Å². The predicted octanol–water partition coefficient (Wildman–Crippen LogP) is 2.58. The van der Waals surface area contributed by atoms with Crippen molar-refractivity contribution in [1.82, 2.24) is 0 Å². The third kappa shape index (κ3) is 37.7. The molecule has 0 saturated carbocycles. The van der Waals surface area contributed by atoms with Crippen LogP contribution in [-0.4, -0.2) is 45.5 Å². The van der Waals surface area contributed by atoms with Gasteiger partial charge in [0.25, 0.3) is 0 Å². The molecule has 1 heteroatoms. The molecule has 0 fully saturated rings. The normalized spacial score (nSPS) is 8.18. The molecule has 0 aliphatic carbocycles. The van der Waals surface area contributed by atoms with Gasteiger partial charge in [0.05, 0.1) is 0 Å². The monoisotopic (exact) mass is 226 g/mol. The minimum absolute atomic E-state index is 0. The zero-order valence-electron chi connectivity index (χ0n) is 6.88. The van der Waals surface area contributed by atoms with E-state index in [1.54, 1.807) is 12.2 Å². The van der Waals surface area contributed by atoms with Crippen LogP contribution in [-0.2, 0) is 0 Å². The van der Waals surface area contributed by atoms with Gasteiger partial charge in [0, 0.05) is 0 Å². The molecule has 0 amide bonds. The fourth-order valence-electron chi connectivity index (χ4n) is 0.272. The second-order valence-corrected chi connectivity index (χ2v) is 1.52. The van der Waals surface area contributed by atoms with E-state index in [4.69, 9.17) is 0 Å². The first-order valence-corrected chi connectivity index (χ1v) is 3.30. The molecule has 0 N–H and O–H groups in total. The van der Waals surface area contributed by atoms with Gasteiger partial charge in [0.2, 0.25) is 0 Å². The van der Waals surface area contributed by atoms with Crippen molar-refractivity contribution in [2.24, 2.45) is 0 Å². The Morgan fingerprint density at radius 3 is 1.09 bits per heavy atom. The second kappa shape index (κ2) is 22.4. The number of hydrogen-bond acceptors (Lipinski definition) is 0. The van der Waals surface area contributed by atoms with Gasteiger partial charge in [-0.05, 0) is 13.8 Å². The van der Waals surface area contributed by atoms with Gasteiger partial charge < -0.3 is 0 Å². The van der Waals surface area contributed by atoms with Crippen molar-refractivity contribution in [1.29, 1.82) is 0 Å². The molecule has 0 radical (unpaired) electrons. The summed E-state index contributed by atoms with van der Waals surface area (Å²) in [5, 5.41) is 0. The molecule has 0 heterocycles. The summed E-state index contributed by atoms with van der Waals surface area (Å²) in [7, 11) is 0. The summed E-state index contributed by atoms with van der Waals surface area (Å²) in [6.45, 7) is 10.8. The van der Waals surface area contributed by atoms with Crippen molar-refractivity contribution >= 4 is 45.5 Å². The fraction of sp³-hybridized carbons (Fsp3) is 0.200. The molecular weight excluding hydrogens is 208 g/mol. The molecule has 0 aliphatic heterocycles. The Bertz CT molecular complexity index is 105. The topological polar surface area (TPSA) is 0 Å². The second-order valence-electron chi connectivity index (χ2n) is 1.52. The van der Waals surface area contributed by atoms with Gasteiger partial charge in [-0.1, -0.05) is 49.6 Å². The van der Waals surface area contributed by atoms with E-state index in [0.717, 1.165) is 0 Å². The summed E-state index contributed by atoms with van der Waals surface area (Å²) in [6, 6.07) is 0. The van der Waals surface area contributed by atoms with E-state index >= 15 is 0 Å². The summed E-state index contributed by atoms with van der Waals surface area (Å²) in [6.07, 6.45) is 11.2. The van der Waals surface area contributed by atoms with Gasteiger partial charge in [-0.25, -0.2) is 0 Å². The van der Waals surface area contributed by atoms with Gasteiger partial charge >= 0.3 is 45.5 Å². The summed E-state index contributed by atoms with van der Waals surface area (Å²) in [5.41, 5.74) is 0. The van der Waals surface area contributed by atoms with Crippen LogP contribution in [0.3, 0.4) is 0 Å². The van der Waals surface area contributed by atoms with Crippen molar-refractivity contribution in [3.63, 3.8) is 0 Å². The van der Waals surface area contributed by atoms with E-state index in [2.05, 4.69) is 13.2 Å². The molecule has 0 bridgehead atoms. The molecule has 0 aromatic rings. The molecule has 11 heavy (non-hydrogen) atoms. The van der Waals surface area contributed by atoms with Crippen LogP contribution in [0.15, 0.2) is 49.6 Å². The molecule has 0 unspecified atom stereocenters. The van der Waals surface area contributed by atoms with Crippen molar-refractivity contribution in [2.45, 2.75) is 13.8 Å². The fourth-order valence-corrected chi connectivity index (χ4v) is 0.272. The average molecular weight is 226 g/mol. The molecule has 0 aromatic heterocycles. The average Bonchev–Trinajstić information content (AvgIpc) is 1.93. The van der Waals surface area contributed by atoms with E-state index in [0.29, 0.717) is 0 Å². The van der Waals surface area contributed by atoms with Crippen molar-refractivity contribution in [3.05, 3.63) is 49.6 Å². The van der Waals surface area contributed by atoms with Crippen molar-refractivity contribution in [3.8, 4) is 0 Å². The van der Waals surface area contributed by atoms with Crippen molar-refractivity contribution < 1.29 is 0 Å². The molecule has 0 spiro atoms. The van der Waals surface area contributed by atoms with Crippen molar-refractivity contribution in [2.75, 3.05) is 0 Å². The van der Waals surface area contributed by atoms with Gasteiger partial charge in [-0.2, -0.15) is 0 Å². The van der Waals surface area contributed by atoms with E-state index in [1.165, 1.54) is 0 Å². The molecule has 0 aliphatic rings. The molecule has 60 valence electrons. The maximum atomic E-state index is 3.46. The van der Waals surface area contributed by atoms with Crippen LogP contribution in [0.5, 0.6) is 0 Å². The summed E-state index contributed by atoms with van der Waals surface area (Å²) in [5.74, 6) is 0. The van der Waals surface area contributed by atoms with Crippen LogP contribution in [0.2, 0.25) is 0 Å². The molecule has 0 rings (SSSR count). The summed E-state index contributed by atoms with van der Waals surface area (Å²) < 4.78 is 0. The first-order chi connectivity index (χ1) is 4.83. The Morgan fingerprint density at radius 1 is 0.818 bits per heavy atom. The molecular formula is C10H18Sr. The van der Waals surface area contributed by atoms with Crippen LogP contribution in [0.1, 0.15) is 13.8 Å². The van der Waals surface area contributed by atoms with E-state index in [9.17, 15) is 0 Å². The van der Waals surface area contributed by atoms with Gasteiger partial charge in [0.15, 0.2) is 0 Å². The molecule has 0 aromatic carbocycles. The number of hydrogen-bond donors (Lipinski definition) is 0. The van der Waals surface area contributed by atoms with Crippen LogP contribution in [0.4, 0.5) is 0 Å². The van der Waals surface area contributed by atoms with E-state index in [-0.39, 0.29) is 45.5 Å². The first-order valence-electron chi connectivity index (χ1n) is 3.30. The quantitative estimate of drug-likeness (QED) is 0.501. The zero-order chi connectivity index (χ0) is 8.24. The van der Waals surface area contributed by atoms with E-state index < -0.39 is 0 Å². The Hall–Kier alpha value is 0.441. The number of rotatable bonds is 2. The third-order valence-electron chi connectivity index (χ3n) is 0.657. The SMILES string of the molecule is C=CC=CC.C=CC=CC.[SrH2].